The molecular formula is C18H30N4O. The lowest BCUT2D eigenvalue weighted by atomic mass is 9.99. The number of piperidine rings is 1. The van der Waals surface area contributed by atoms with Crippen LogP contribution in [0, 0.1) is 19.8 Å². The highest BCUT2D eigenvalue weighted by molar-refractivity contribution is 5.91. The van der Waals surface area contributed by atoms with Crippen LogP contribution < -0.4 is 5.32 Å². The molecule has 0 atom stereocenters. The smallest absolute Gasteiger partial charge is 0.244 e. The molecule has 0 radical (unpaired) electrons. The highest BCUT2D eigenvalue weighted by atomic mass is 16.1. The summed E-state index contributed by atoms with van der Waals surface area (Å²) in [6.07, 6.45) is 7.09. The van der Waals surface area contributed by atoms with Crippen molar-refractivity contribution in [2.24, 2.45) is 13.0 Å². The maximum absolute atomic E-state index is 11.9. The zero-order chi connectivity index (χ0) is 16.8. The molecule has 2 rings (SSSR count). The molecule has 23 heavy (non-hydrogen) atoms. The molecule has 1 fully saturated rings. The van der Waals surface area contributed by atoms with Gasteiger partial charge in [-0.05, 0) is 64.7 Å². The molecule has 5 heteroatoms. The monoisotopic (exact) mass is 318 g/mol. The minimum Gasteiger partial charge on any atom is -0.353 e. The van der Waals surface area contributed by atoms with Gasteiger partial charge in [0.15, 0.2) is 0 Å². The molecule has 1 saturated heterocycles. The van der Waals surface area contributed by atoms with Crippen molar-refractivity contribution in [3.63, 3.8) is 0 Å². The number of nitrogens with zero attached hydrogens (tertiary/aromatic N) is 3. The van der Waals surface area contributed by atoms with E-state index in [1.165, 1.54) is 25.9 Å². The van der Waals surface area contributed by atoms with Crippen LogP contribution in [0.15, 0.2) is 6.08 Å². The number of aromatic nitrogens is 2. The first-order chi connectivity index (χ1) is 11.0. The van der Waals surface area contributed by atoms with E-state index >= 15 is 0 Å². The third kappa shape index (κ3) is 5.20. The van der Waals surface area contributed by atoms with Crippen LogP contribution in [-0.2, 0) is 11.8 Å². The summed E-state index contributed by atoms with van der Waals surface area (Å²) < 4.78 is 1.84. The Balaban J connectivity index is 1.68. The second kappa shape index (κ2) is 8.29. The maximum atomic E-state index is 11.9. The molecule has 1 aliphatic heterocycles. The lowest BCUT2D eigenvalue weighted by Crippen LogP contribution is -2.35. The third-order valence-corrected chi connectivity index (χ3v) is 4.79. The second-order valence-corrected chi connectivity index (χ2v) is 6.71. The Morgan fingerprint density at radius 2 is 2.04 bits per heavy atom. The average molecular weight is 318 g/mol. The van der Waals surface area contributed by atoms with Crippen molar-refractivity contribution in [3.05, 3.63) is 23.0 Å². The second-order valence-electron chi connectivity index (χ2n) is 6.71. The van der Waals surface area contributed by atoms with E-state index in [2.05, 4.69) is 22.2 Å². The molecule has 0 bridgehead atoms. The Hall–Kier alpha value is -1.62. The Bertz CT molecular complexity index is 554. The summed E-state index contributed by atoms with van der Waals surface area (Å²) >= 11 is 0. The van der Waals surface area contributed by atoms with E-state index in [1.54, 1.807) is 6.08 Å². The molecule has 0 unspecified atom stereocenters. The van der Waals surface area contributed by atoms with E-state index in [1.807, 2.05) is 31.7 Å². The molecule has 1 aromatic rings. The predicted octanol–water partition coefficient (Wildman–Crippen LogP) is 2.29. The fraction of sp³-hybridized carbons (Fsp3) is 0.667. The number of carbonyl (C=O) groups is 1. The number of hydrogen-bond donors (Lipinski definition) is 1. The van der Waals surface area contributed by atoms with Crippen molar-refractivity contribution in [3.8, 4) is 0 Å². The quantitative estimate of drug-likeness (QED) is 0.647. The summed E-state index contributed by atoms with van der Waals surface area (Å²) in [7, 11) is 1.92. The average Bonchev–Trinajstić information content (AvgIpc) is 2.76. The van der Waals surface area contributed by atoms with E-state index in [-0.39, 0.29) is 5.91 Å². The van der Waals surface area contributed by atoms with Crippen molar-refractivity contribution in [2.45, 2.75) is 40.0 Å². The van der Waals surface area contributed by atoms with E-state index in [9.17, 15) is 4.79 Å². The summed E-state index contributed by atoms with van der Waals surface area (Å²) in [5.74, 6) is 0.843. The molecule has 2 heterocycles. The molecule has 1 aliphatic rings. The SMILES string of the molecule is Cc1nn(C)c(C)c1/C=C/C(=O)NCCCN1CCC(C)CC1. The number of aryl methyl sites for hydroxylation is 2. The molecule has 0 spiro atoms. The molecule has 0 saturated carbocycles. The van der Waals surface area contributed by atoms with Gasteiger partial charge in [-0.1, -0.05) is 6.92 Å². The van der Waals surface area contributed by atoms with Gasteiger partial charge in [0.25, 0.3) is 0 Å². The number of carbonyl (C=O) groups excluding carboxylic acids is 1. The zero-order valence-electron chi connectivity index (χ0n) is 14.9. The van der Waals surface area contributed by atoms with E-state index < -0.39 is 0 Å². The Morgan fingerprint density at radius 3 is 2.65 bits per heavy atom. The van der Waals surface area contributed by atoms with E-state index in [0.29, 0.717) is 0 Å². The summed E-state index contributed by atoms with van der Waals surface area (Å²) in [5.41, 5.74) is 3.06. The molecule has 0 aromatic carbocycles. The van der Waals surface area contributed by atoms with Gasteiger partial charge < -0.3 is 10.2 Å². The molecular weight excluding hydrogens is 288 g/mol. The molecule has 1 N–H and O–H groups in total. The minimum absolute atomic E-state index is 0.0279. The van der Waals surface area contributed by atoms with Crippen LogP contribution in [0.3, 0.4) is 0 Å². The van der Waals surface area contributed by atoms with Gasteiger partial charge in [0.2, 0.25) is 5.91 Å². The fourth-order valence-electron chi connectivity index (χ4n) is 3.05. The van der Waals surface area contributed by atoms with Crippen LogP contribution in [0.25, 0.3) is 6.08 Å². The number of nitrogens with one attached hydrogen (secondary N) is 1. The Labute approximate surface area is 139 Å². The first-order valence-electron chi connectivity index (χ1n) is 8.66. The molecule has 128 valence electrons. The van der Waals surface area contributed by atoms with Crippen molar-refractivity contribution in [1.29, 1.82) is 0 Å². The van der Waals surface area contributed by atoms with Crippen molar-refractivity contribution < 1.29 is 4.79 Å². The van der Waals surface area contributed by atoms with Gasteiger partial charge in [0, 0.05) is 30.9 Å². The Kier molecular flexibility index (Phi) is 6.39. The van der Waals surface area contributed by atoms with Crippen molar-refractivity contribution in [1.82, 2.24) is 20.0 Å². The standard InChI is InChI=1S/C18H30N4O/c1-14-8-12-22(13-9-14)11-5-10-19-18(23)7-6-17-15(2)20-21(4)16(17)3/h6-7,14H,5,8-13H2,1-4H3,(H,19,23)/b7-6+. The molecule has 0 aliphatic carbocycles. The molecule has 1 aromatic heterocycles. The van der Waals surface area contributed by atoms with Crippen LogP contribution in [-0.4, -0.2) is 46.8 Å². The first-order valence-corrected chi connectivity index (χ1v) is 8.66. The normalized spacial score (nSPS) is 17.0. The summed E-state index contributed by atoms with van der Waals surface area (Å²) in [4.78, 5) is 14.4. The molecule has 1 amide bonds. The van der Waals surface area contributed by atoms with Crippen LogP contribution >= 0.6 is 0 Å². The Morgan fingerprint density at radius 1 is 1.35 bits per heavy atom. The van der Waals surface area contributed by atoms with Gasteiger partial charge in [-0.3, -0.25) is 9.48 Å². The van der Waals surface area contributed by atoms with Gasteiger partial charge >= 0.3 is 0 Å². The van der Waals surface area contributed by atoms with E-state index in [4.69, 9.17) is 0 Å². The highest BCUT2D eigenvalue weighted by Crippen LogP contribution is 2.15. The fourth-order valence-corrected chi connectivity index (χ4v) is 3.05. The summed E-state index contributed by atoms with van der Waals surface area (Å²) in [5, 5.41) is 7.32. The van der Waals surface area contributed by atoms with Gasteiger partial charge in [-0.15, -0.1) is 0 Å². The number of amides is 1. The van der Waals surface area contributed by atoms with E-state index in [0.717, 1.165) is 42.4 Å². The van der Waals surface area contributed by atoms with Gasteiger partial charge in [-0.2, -0.15) is 5.10 Å². The molecule has 5 nitrogen and oxygen atoms in total. The maximum Gasteiger partial charge on any atom is 0.244 e. The van der Waals surface area contributed by atoms with Gasteiger partial charge in [0.1, 0.15) is 0 Å². The topological polar surface area (TPSA) is 50.2 Å². The highest BCUT2D eigenvalue weighted by Gasteiger charge is 2.14. The van der Waals surface area contributed by atoms with Gasteiger partial charge in [0.05, 0.1) is 5.69 Å². The third-order valence-electron chi connectivity index (χ3n) is 4.79. The lowest BCUT2D eigenvalue weighted by molar-refractivity contribution is -0.116. The van der Waals surface area contributed by atoms with Crippen LogP contribution in [0.5, 0.6) is 0 Å². The van der Waals surface area contributed by atoms with Gasteiger partial charge in [-0.25, -0.2) is 0 Å². The van der Waals surface area contributed by atoms with Crippen molar-refractivity contribution in [2.75, 3.05) is 26.2 Å². The summed E-state index contributed by atoms with van der Waals surface area (Å²) in [6, 6.07) is 0. The first kappa shape index (κ1) is 17.7. The number of rotatable bonds is 6. The number of likely N-dealkylation sites (tertiary alicyclic amines) is 1. The van der Waals surface area contributed by atoms with Crippen molar-refractivity contribution >= 4 is 12.0 Å². The lowest BCUT2D eigenvalue weighted by Gasteiger charge is -2.30. The predicted molar refractivity (Wildman–Crippen MR) is 94.2 cm³/mol. The minimum atomic E-state index is -0.0279. The summed E-state index contributed by atoms with van der Waals surface area (Å²) in [6.45, 7) is 10.5. The number of hydrogen-bond acceptors (Lipinski definition) is 3. The van der Waals surface area contributed by atoms with Crippen LogP contribution in [0.2, 0.25) is 0 Å². The van der Waals surface area contributed by atoms with Crippen LogP contribution in [0.1, 0.15) is 43.1 Å². The van der Waals surface area contributed by atoms with Crippen LogP contribution in [0.4, 0.5) is 0 Å². The zero-order valence-corrected chi connectivity index (χ0v) is 14.9. The largest absolute Gasteiger partial charge is 0.353 e.